The number of nitrogens with zero attached hydrogens (tertiary/aromatic N) is 3. The standard InChI is InChI=1S/C17H21N3O3S.ClH/c1-12-4-5-13-15(10-12)24-17(18-13)20(7-6-19(2)3)16(21)14-11-22-8-9-23-14;/h4-5,10-11H,6-9H2,1-3H3;1H. The molecule has 0 spiro atoms. The fraction of sp³-hybridized carbons (Fsp3) is 0.412. The molecule has 6 nitrogen and oxygen atoms in total. The highest BCUT2D eigenvalue weighted by atomic mass is 35.5. The molecule has 1 aromatic heterocycles. The monoisotopic (exact) mass is 383 g/mol. The zero-order valence-electron chi connectivity index (χ0n) is 14.5. The first-order chi connectivity index (χ1) is 11.5. The van der Waals surface area contributed by atoms with Crippen LogP contribution in [0.2, 0.25) is 0 Å². The lowest BCUT2D eigenvalue weighted by molar-refractivity contribution is -0.119. The van der Waals surface area contributed by atoms with Crippen molar-refractivity contribution in [3.8, 4) is 0 Å². The van der Waals surface area contributed by atoms with Crippen molar-refractivity contribution in [2.75, 3.05) is 45.3 Å². The van der Waals surface area contributed by atoms with Crippen molar-refractivity contribution in [1.82, 2.24) is 9.88 Å². The molecule has 0 fully saturated rings. The Bertz CT molecular complexity index is 776. The number of thiazole rings is 1. The van der Waals surface area contributed by atoms with Crippen LogP contribution >= 0.6 is 23.7 Å². The largest absolute Gasteiger partial charge is 0.494 e. The summed E-state index contributed by atoms with van der Waals surface area (Å²) in [5.74, 6) is 0.0165. The smallest absolute Gasteiger partial charge is 0.298 e. The Morgan fingerprint density at radius 2 is 2.08 bits per heavy atom. The van der Waals surface area contributed by atoms with Gasteiger partial charge in [-0.15, -0.1) is 12.4 Å². The Kier molecular flexibility index (Phi) is 6.64. The fourth-order valence-corrected chi connectivity index (χ4v) is 3.42. The second kappa shape index (κ2) is 8.51. The van der Waals surface area contributed by atoms with Gasteiger partial charge in [0.15, 0.2) is 5.13 Å². The fourth-order valence-electron chi connectivity index (χ4n) is 2.33. The third-order valence-electron chi connectivity index (χ3n) is 3.64. The number of aromatic nitrogens is 1. The van der Waals surface area contributed by atoms with E-state index in [1.54, 1.807) is 4.90 Å². The number of anilines is 1. The summed E-state index contributed by atoms with van der Waals surface area (Å²) in [5.41, 5.74) is 2.08. The molecule has 1 amide bonds. The van der Waals surface area contributed by atoms with E-state index in [1.807, 2.05) is 38.1 Å². The van der Waals surface area contributed by atoms with Gasteiger partial charge in [0.25, 0.3) is 5.91 Å². The van der Waals surface area contributed by atoms with Crippen molar-refractivity contribution < 1.29 is 14.3 Å². The van der Waals surface area contributed by atoms with E-state index in [9.17, 15) is 4.79 Å². The molecule has 3 rings (SSSR count). The minimum Gasteiger partial charge on any atom is -0.494 e. The molecule has 0 saturated heterocycles. The van der Waals surface area contributed by atoms with Gasteiger partial charge in [-0.3, -0.25) is 9.69 Å². The first-order valence-corrected chi connectivity index (χ1v) is 8.64. The van der Waals surface area contributed by atoms with Crippen LogP contribution in [0.3, 0.4) is 0 Å². The van der Waals surface area contributed by atoms with Gasteiger partial charge in [0, 0.05) is 13.1 Å². The minimum atomic E-state index is -0.215. The van der Waals surface area contributed by atoms with Crippen LogP contribution in [0.4, 0.5) is 5.13 Å². The van der Waals surface area contributed by atoms with Gasteiger partial charge in [0.2, 0.25) is 5.76 Å². The molecule has 8 heteroatoms. The summed E-state index contributed by atoms with van der Waals surface area (Å²) in [7, 11) is 3.95. The van der Waals surface area contributed by atoms with E-state index in [2.05, 4.69) is 11.1 Å². The number of fused-ring (bicyclic) bond motifs is 1. The van der Waals surface area contributed by atoms with Crippen LogP contribution in [-0.2, 0) is 14.3 Å². The lowest BCUT2D eigenvalue weighted by Gasteiger charge is -2.24. The normalized spacial score (nSPS) is 13.7. The summed E-state index contributed by atoms with van der Waals surface area (Å²) >= 11 is 1.52. The highest BCUT2D eigenvalue weighted by Gasteiger charge is 2.26. The molecule has 0 aliphatic carbocycles. The molecule has 2 aromatic rings. The molecule has 25 heavy (non-hydrogen) atoms. The van der Waals surface area contributed by atoms with Crippen molar-refractivity contribution in [3.05, 3.63) is 35.8 Å². The molecule has 136 valence electrons. The predicted octanol–water partition coefficient (Wildman–Crippen LogP) is 2.81. The van der Waals surface area contributed by atoms with Gasteiger partial charge in [0.05, 0.1) is 10.2 Å². The van der Waals surface area contributed by atoms with Crippen molar-refractivity contribution in [3.63, 3.8) is 0 Å². The van der Waals surface area contributed by atoms with E-state index in [4.69, 9.17) is 9.47 Å². The maximum atomic E-state index is 12.9. The van der Waals surface area contributed by atoms with Crippen LogP contribution in [-0.4, -0.2) is 56.2 Å². The summed E-state index contributed by atoms with van der Waals surface area (Å²) in [6, 6.07) is 6.10. The van der Waals surface area contributed by atoms with E-state index < -0.39 is 0 Å². The number of aryl methyl sites for hydroxylation is 1. The van der Waals surface area contributed by atoms with E-state index in [0.717, 1.165) is 16.8 Å². The first-order valence-electron chi connectivity index (χ1n) is 7.83. The average molecular weight is 384 g/mol. The Morgan fingerprint density at radius 3 is 2.76 bits per heavy atom. The van der Waals surface area contributed by atoms with Crippen molar-refractivity contribution in [2.24, 2.45) is 0 Å². The molecule has 1 aliphatic rings. The number of ether oxygens (including phenoxy) is 2. The Balaban J connectivity index is 0.00000225. The summed E-state index contributed by atoms with van der Waals surface area (Å²) in [6.07, 6.45) is 1.39. The van der Waals surface area contributed by atoms with Gasteiger partial charge in [-0.2, -0.15) is 0 Å². The average Bonchev–Trinajstić information content (AvgIpc) is 2.98. The Labute approximate surface area is 157 Å². The molecule has 2 heterocycles. The third-order valence-corrected chi connectivity index (χ3v) is 4.68. The highest BCUT2D eigenvalue weighted by molar-refractivity contribution is 7.22. The summed E-state index contributed by atoms with van der Waals surface area (Å²) in [6.45, 7) is 4.17. The predicted molar refractivity (Wildman–Crippen MR) is 102 cm³/mol. The molecule has 1 aromatic carbocycles. The number of carbonyl (C=O) groups excluding carboxylic acids is 1. The molecule has 0 saturated carbocycles. The minimum absolute atomic E-state index is 0. The second-order valence-corrected chi connectivity index (χ2v) is 6.94. The van der Waals surface area contributed by atoms with Gasteiger partial charge in [0.1, 0.15) is 19.5 Å². The maximum Gasteiger partial charge on any atom is 0.298 e. The van der Waals surface area contributed by atoms with Crippen LogP contribution in [0, 0.1) is 6.92 Å². The van der Waals surface area contributed by atoms with Gasteiger partial charge in [-0.1, -0.05) is 17.4 Å². The lowest BCUT2D eigenvalue weighted by Crippen LogP contribution is -2.38. The van der Waals surface area contributed by atoms with Crippen molar-refractivity contribution >= 4 is 45.0 Å². The van der Waals surface area contributed by atoms with E-state index >= 15 is 0 Å². The molecule has 0 bridgehead atoms. The van der Waals surface area contributed by atoms with Gasteiger partial charge >= 0.3 is 0 Å². The molecule has 0 N–H and O–H groups in total. The zero-order chi connectivity index (χ0) is 17.1. The number of rotatable bonds is 5. The van der Waals surface area contributed by atoms with Gasteiger partial charge in [-0.05, 0) is 38.7 Å². The van der Waals surface area contributed by atoms with E-state index in [-0.39, 0.29) is 24.1 Å². The van der Waals surface area contributed by atoms with E-state index in [0.29, 0.717) is 24.9 Å². The van der Waals surface area contributed by atoms with Crippen LogP contribution < -0.4 is 4.90 Å². The second-order valence-electron chi connectivity index (χ2n) is 5.93. The number of carbonyl (C=O) groups is 1. The first kappa shape index (κ1) is 19.5. The molecule has 1 aliphatic heterocycles. The molecule has 0 unspecified atom stereocenters. The summed E-state index contributed by atoms with van der Waals surface area (Å²) in [5, 5.41) is 0.678. The van der Waals surface area contributed by atoms with Crippen LogP contribution in [0.5, 0.6) is 0 Å². The van der Waals surface area contributed by atoms with Crippen LogP contribution in [0.1, 0.15) is 5.56 Å². The lowest BCUT2D eigenvalue weighted by atomic mass is 10.2. The highest BCUT2D eigenvalue weighted by Crippen LogP contribution is 2.30. The quantitative estimate of drug-likeness (QED) is 0.794. The number of benzene rings is 1. The number of hydrogen-bond acceptors (Lipinski definition) is 6. The van der Waals surface area contributed by atoms with Crippen molar-refractivity contribution in [1.29, 1.82) is 0 Å². The zero-order valence-corrected chi connectivity index (χ0v) is 16.2. The molecule has 0 radical (unpaired) electrons. The van der Waals surface area contributed by atoms with Crippen molar-refractivity contribution in [2.45, 2.75) is 6.92 Å². The van der Waals surface area contributed by atoms with E-state index in [1.165, 1.54) is 23.2 Å². The number of amides is 1. The third kappa shape index (κ3) is 4.62. The Morgan fingerprint density at radius 1 is 1.28 bits per heavy atom. The van der Waals surface area contributed by atoms with Crippen LogP contribution in [0.15, 0.2) is 30.2 Å². The Hall–Kier alpha value is -1.83. The van der Waals surface area contributed by atoms with Gasteiger partial charge < -0.3 is 14.4 Å². The SMILES string of the molecule is Cc1ccc2nc(N(CCN(C)C)C(=O)C3=COCCO3)sc2c1.Cl. The number of likely N-dealkylation sites (N-methyl/N-ethyl adjacent to an activating group) is 1. The van der Waals surface area contributed by atoms with Crippen LogP contribution in [0.25, 0.3) is 10.2 Å². The topological polar surface area (TPSA) is 54.9 Å². The molecule has 0 atom stereocenters. The molecular formula is C17H22ClN3O3S. The number of halogens is 1. The van der Waals surface area contributed by atoms with Gasteiger partial charge in [-0.25, -0.2) is 4.98 Å². The summed E-state index contributed by atoms with van der Waals surface area (Å²) < 4.78 is 11.7. The number of hydrogen-bond donors (Lipinski definition) is 0. The maximum absolute atomic E-state index is 12.9. The summed E-state index contributed by atoms with van der Waals surface area (Å²) in [4.78, 5) is 21.2. The molecular weight excluding hydrogens is 362 g/mol.